The number of H-pyrrole nitrogens is 1. The molecular weight excluding hydrogens is 353 g/mol. The fraction of sp³-hybridized carbons (Fsp3) is 0.444. The van der Waals surface area contributed by atoms with Gasteiger partial charge in [0.2, 0.25) is 0 Å². The lowest BCUT2D eigenvalue weighted by Crippen LogP contribution is -2.40. The zero-order valence-corrected chi connectivity index (χ0v) is 15.7. The van der Waals surface area contributed by atoms with Crippen LogP contribution in [0.3, 0.4) is 0 Å². The van der Waals surface area contributed by atoms with Crippen LogP contribution in [0.15, 0.2) is 27.1 Å². The first-order valence-corrected chi connectivity index (χ1v) is 9.42. The normalized spacial score (nSPS) is 20.5. The number of rotatable bonds is 4. The molecule has 26 heavy (non-hydrogen) atoms. The number of amidine groups is 1. The zero-order chi connectivity index (χ0) is 18.3. The van der Waals surface area contributed by atoms with Crippen LogP contribution in [0.2, 0.25) is 0 Å². The third kappa shape index (κ3) is 3.24. The molecule has 1 aliphatic carbocycles. The molecule has 2 aliphatic rings. The van der Waals surface area contributed by atoms with E-state index in [1.807, 2.05) is 13.0 Å². The molecule has 0 radical (unpaired) electrons. The molecule has 4 rings (SSSR count). The Kier molecular flexibility index (Phi) is 4.50. The average Bonchev–Trinajstić information content (AvgIpc) is 3.19. The standard InChI is InChI=1S/C18H22FN5OS/c1-11-7-13(19)16-12(15(11)17(20)22-10-21-2)8-14(23-16)26-24-5-6-25-18(9-24)3-4-18/h7-8,10,23H,3-6,9H2,1-2H3,(H2,20,21,22). The molecule has 0 atom stereocenters. The minimum Gasteiger partial charge on any atom is -0.383 e. The zero-order valence-electron chi connectivity index (χ0n) is 14.9. The van der Waals surface area contributed by atoms with Gasteiger partial charge in [-0.25, -0.2) is 13.7 Å². The van der Waals surface area contributed by atoms with E-state index in [1.54, 1.807) is 19.0 Å². The van der Waals surface area contributed by atoms with Crippen LogP contribution in [0.25, 0.3) is 10.9 Å². The van der Waals surface area contributed by atoms with Gasteiger partial charge in [-0.15, -0.1) is 0 Å². The second-order valence-electron chi connectivity index (χ2n) is 6.85. The van der Waals surface area contributed by atoms with Crippen molar-refractivity contribution < 1.29 is 9.13 Å². The van der Waals surface area contributed by atoms with E-state index in [4.69, 9.17) is 10.5 Å². The number of benzene rings is 1. The molecule has 8 heteroatoms. The highest BCUT2D eigenvalue weighted by atomic mass is 32.2. The highest BCUT2D eigenvalue weighted by Crippen LogP contribution is 2.44. The third-order valence-corrected chi connectivity index (χ3v) is 5.84. The van der Waals surface area contributed by atoms with E-state index >= 15 is 0 Å². The fourth-order valence-electron chi connectivity index (χ4n) is 3.40. The predicted octanol–water partition coefficient (Wildman–Crippen LogP) is 2.85. The van der Waals surface area contributed by atoms with Gasteiger partial charge in [-0.3, -0.25) is 4.99 Å². The summed E-state index contributed by atoms with van der Waals surface area (Å²) in [5, 5.41) is 1.63. The van der Waals surface area contributed by atoms with Crippen molar-refractivity contribution in [2.75, 3.05) is 26.7 Å². The van der Waals surface area contributed by atoms with Crippen molar-refractivity contribution in [1.29, 1.82) is 0 Å². The highest BCUT2D eigenvalue weighted by molar-refractivity contribution is 7.97. The van der Waals surface area contributed by atoms with Gasteiger partial charge in [-0.1, -0.05) is 0 Å². The quantitative estimate of drug-likeness (QED) is 0.489. The molecule has 1 saturated heterocycles. The maximum absolute atomic E-state index is 14.5. The van der Waals surface area contributed by atoms with E-state index in [1.165, 1.54) is 12.4 Å². The van der Waals surface area contributed by atoms with Crippen molar-refractivity contribution in [1.82, 2.24) is 9.29 Å². The van der Waals surface area contributed by atoms with Crippen LogP contribution in [0.1, 0.15) is 24.0 Å². The number of aryl methyl sites for hydroxylation is 1. The first kappa shape index (κ1) is 17.5. The predicted molar refractivity (Wildman–Crippen MR) is 103 cm³/mol. The number of nitrogens with zero attached hydrogens (tertiary/aromatic N) is 3. The topological polar surface area (TPSA) is 79.0 Å². The molecule has 2 heterocycles. The molecule has 3 N–H and O–H groups in total. The van der Waals surface area contributed by atoms with Gasteiger partial charge < -0.3 is 15.5 Å². The van der Waals surface area contributed by atoms with Crippen molar-refractivity contribution in [3.8, 4) is 0 Å². The lowest BCUT2D eigenvalue weighted by molar-refractivity contribution is -0.0172. The first-order valence-electron chi connectivity index (χ1n) is 8.64. The molecule has 6 nitrogen and oxygen atoms in total. The van der Waals surface area contributed by atoms with E-state index in [2.05, 4.69) is 19.3 Å². The summed E-state index contributed by atoms with van der Waals surface area (Å²) in [6.07, 6.45) is 3.65. The Morgan fingerprint density at radius 3 is 3.00 bits per heavy atom. The van der Waals surface area contributed by atoms with Gasteiger partial charge in [0.1, 0.15) is 18.0 Å². The van der Waals surface area contributed by atoms with E-state index in [0.717, 1.165) is 54.1 Å². The Morgan fingerprint density at radius 1 is 1.46 bits per heavy atom. The van der Waals surface area contributed by atoms with Gasteiger partial charge in [0.15, 0.2) is 0 Å². The molecule has 1 saturated carbocycles. The van der Waals surface area contributed by atoms with Crippen LogP contribution >= 0.6 is 11.9 Å². The van der Waals surface area contributed by atoms with Gasteiger partial charge in [0, 0.05) is 31.1 Å². The number of ether oxygens (including phenoxy) is 1. The molecule has 2 fully saturated rings. The van der Waals surface area contributed by atoms with Crippen LogP contribution in [0, 0.1) is 12.7 Å². The average molecular weight is 375 g/mol. The number of nitrogens with one attached hydrogen (secondary N) is 1. The lowest BCUT2D eigenvalue weighted by atomic mass is 10.0. The summed E-state index contributed by atoms with van der Waals surface area (Å²) in [5.74, 6) is 0.0441. The van der Waals surface area contributed by atoms with Crippen LogP contribution in [-0.2, 0) is 4.74 Å². The summed E-state index contributed by atoms with van der Waals surface area (Å²) in [6.45, 7) is 4.33. The Labute approximate surface area is 155 Å². The maximum Gasteiger partial charge on any atom is 0.147 e. The molecule has 1 spiro atoms. The highest BCUT2D eigenvalue weighted by Gasteiger charge is 2.47. The maximum atomic E-state index is 14.5. The first-order chi connectivity index (χ1) is 12.5. The fourth-order valence-corrected chi connectivity index (χ4v) is 4.47. The molecular formula is C18H22FN5OS. The van der Waals surface area contributed by atoms with E-state index in [0.29, 0.717) is 11.4 Å². The van der Waals surface area contributed by atoms with Gasteiger partial charge in [-0.05, 0) is 49.4 Å². The van der Waals surface area contributed by atoms with Crippen molar-refractivity contribution in [2.45, 2.75) is 30.4 Å². The third-order valence-electron chi connectivity index (χ3n) is 4.86. The molecule has 0 bridgehead atoms. The number of fused-ring (bicyclic) bond motifs is 1. The number of hydrogen-bond acceptors (Lipinski definition) is 4. The SMILES string of the molecule is CN=CN=C(N)c1c(C)cc(F)c2[nH]c(SN3CCOC4(CC4)C3)cc12. The summed E-state index contributed by atoms with van der Waals surface area (Å²) in [4.78, 5) is 11.2. The van der Waals surface area contributed by atoms with Gasteiger partial charge in [0.25, 0.3) is 0 Å². The summed E-state index contributed by atoms with van der Waals surface area (Å²) in [6, 6.07) is 3.44. The minimum atomic E-state index is -0.286. The van der Waals surface area contributed by atoms with Crippen LogP contribution in [0.4, 0.5) is 4.39 Å². The molecule has 1 aromatic carbocycles. The Morgan fingerprint density at radius 2 is 2.27 bits per heavy atom. The number of nitrogens with two attached hydrogens (primary N) is 1. The van der Waals surface area contributed by atoms with Crippen molar-refractivity contribution in [2.24, 2.45) is 15.7 Å². The summed E-state index contributed by atoms with van der Waals surface area (Å²) >= 11 is 1.61. The van der Waals surface area contributed by atoms with Crippen LogP contribution < -0.4 is 5.73 Å². The van der Waals surface area contributed by atoms with Crippen molar-refractivity contribution >= 4 is 35.0 Å². The van der Waals surface area contributed by atoms with Crippen molar-refractivity contribution in [3.63, 3.8) is 0 Å². The number of aliphatic imine (C=N–C) groups is 2. The number of aromatic amines is 1. The number of hydrogen-bond donors (Lipinski definition) is 2. The monoisotopic (exact) mass is 375 g/mol. The molecule has 1 aliphatic heterocycles. The van der Waals surface area contributed by atoms with Gasteiger partial charge in [0.05, 0.1) is 22.8 Å². The van der Waals surface area contributed by atoms with Gasteiger partial charge in [-0.2, -0.15) is 0 Å². The molecule has 2 aromatic rings. The van der Waals surface area contributed by atoms with Gasteiger partial charge >= 0.3 is 0 Å². The molecule has 0 amide bonds. The number of halogens is 1. The van der Waals surface area contributed by atoms with E-state index in [9.17, 15) is 4.39 Å². The second-order valence-corrected chi connectivity index (χ2v) is 7.99. The van der Waals surface area contributed by atoms with Crippen LogP contribution in [-0.4, -0.2) is 53.8 Å². The lowest BCUT2D eigenvalue weighted by Gasteiger charge is -2.31. The molecule has 1 aromatic heterocycles. The van der Waals surface area contributed by atoms with E-state index < -0.39 is 0 Å². The van der Waals surface area contributed by atoms with E-state index in [-0.39, 0.29) is 11.4 Å². The number of aromatic nitrogens is 1. The Bertz CT molecular complexity index is 903. The largest absolute Gasteiger partial charge is 0.383 e. The second kappa shape index (κ2) is 6.68. The summed E-state index contributed by atoms with van der Waals surface area (Å²) < 4.78 is 22.6. The number of morpholine rings is 1. The Hall–Kier alpha value is -1.90. The molecule has 138 valence electrons. The van der Waals surface area contributed by atoms with Crippen molar-refractivity contribution in [3.05, 3.63) is 29.1 Å². The van der Waals surface area contributed by atoms with Crippen LogP contribution in [0.5, 0.6) is 0 Å². The smallest absolute Gasteiger partial charge is 0.147 e. The summed E-state index contributed by atoms with van der Waals surface area (Å²) in [7, 11) is 1.63. The molecule has 0 unspecified atom stereocenters. The Balaban J connectivity index is 1.68. The summed E-state index contributed by atoms with van der Waals surface area (Å²) in [5.41, 5.74) is 8.12. The minimum absolute atomic E-state index is 0.0564.